The van der Waals surface area contributed by atoms with Gasteiger partial charge in [-0.05, 0) is 36.1 Å². The third-order valence-corrected chi connectivity index (χ3v) is 5.76. The van der Waals surface area contributed by atoms with Crippen LogP contribution in [0, 0.1) is 5.92 Å². The first-order valence-electron chi connectivity index (χ1n) is 9.92. The van der Waals surface area contributed by atoms with Crippen molar-refractivity contribution in [2.45, 2.75) is 44.8 Å². The number of hydrogen-bond donors (Lipinski definition) is 2. The highest BCUT2D eigenvalue weighted by Crippen LogP contribution is 2.41. The Hall–Kier alpha value is -2.60. The lowest BCUT2D eigenvalue weighted by Crippen LogP contribution is -2.45. The summed E-state index contributed by atoms with van der Waals surface area (Å²) in [6.45, 7) is 3.35. The zero-order chi connectivity index (χ0) is 24.3. The molecule has 0 amide bonds. The number of aliphatic hydroxyl groups is 1. The molecule has 3 aromatic rings. The summed E-state index contributed by atoms with van der Waals surface area (Å²) in [5, 5.41) is 12.2. The number of nitrogens with zero attached hydrogens (tertiary/aromatic N) is 4. The van der Waals surface area contributed by atoms with E-state index in [0.717, 1.165) is 15.8 Å². The maximum absolute atomic E-state index is 13.3. The minimum absolute atomic E-state index is 0.0283. The van der Waals surface area contributed by atoms with E-state index in [4.69, 9.17) is 11.6 Å². The van der Waals surface area contributed by atoms with Gasteiger partial charge in [-0.1, -0.05) is 25.4 Å². The second kappa shape index (κ2) is 8.01. The van der Waals surface area contributed by atoms with Gasteiger partial charge in [-0.15, -0.1) is 0 Å². The molecule has 2 aromatic heterocycles. The number of aromatic amines is 1. The van der Waals surface area contributed by atoms with Crippen molar-refractivity contribution >= 4 is 28.5 Å². The number of halogens is 7. The van der Waals surface area contributed by atoms with E-state index < -0.39 is 42.1 Å². The number of benzene rings is 1. The van der Waals surface area contributed by atoms with E-state index in [0.29, 0.717) is 16.2 Å². The summed E-state index contributed by atoms with van der Waals surface area (Å²) in [4.78, 5) is 13.5. The first-order chi connectivity index (χ1) is 15.3. The molecule has 2 N–H and O–H groups in total. The van der Waals surface area contributed by atoms with Crippen molar-refractivity contribution < 1.29 is 31.4 Å². The topological polar surface area (TPSA) is 77.9 Å². The Morgan fingerprint density at radius 2 is 1.67 bits per heavy atom. The summed E-state index contributed by atoms with van der Waals surface area (Å²) in [6.07, 6.45) is -11.3. The molecule has 0 saturated carbocycles. The Bertz CT molecular complexity index is 1160. The van der Waals surface area contributed by atoms with Crippen LogP contribution in [0.25, 0.3) is 10.9 Å². The average Bonchev–Trinajstić information content (AvgIpc) is 3.08. The fourth-order valence-electron chi connectivity index (χ4n) is 3.98. The molecule has 1 aliphatic rings. The molecule has 0 spiro atoms. The first-order valence-corrected chi connectivity index (χ1v) is 10.3. The lowest BCUT2D eigenvalue weighted by Gasteiger charge is -2.39. The second-order valence-corrected chi connectivity index (χ2v) is 8.54. The van der Waals surface area contributed by atoms with Gasteiger partial charge in [0, 0.05) is 28.2 Å². The fraction of sp³-hybridized carbons (Fsp3) is 0.450. The smallest absolute Gasteiger partial charge is 0.390 e. The zero-order valence-electron chi connectivity index (χ0n) is 17.3. The monoisotopic (exact) mass is 493 g/mol. The van der Waals surface area contributed by atoms with Gasteiger partial charge in [-0.25, -0.2) is 4.98 Å². The molecule has 2 atom stereocenters. The molecule has 0 fully saturated rings. The molecule has 33 heavy (non-hydrogen) atoms. The standard InChI is InChI=1S/C20H18ClF6N5O/c1-8(2)15(33)14-13-10(11-7-9(21)3-4-12(11)28-13)5-6-32(14)18-30-16(19(22,23)24)29-17(31-18)20(25,26)27/h3-4,7-8,14-15,28,33H,5-6H2,1-2H3/t14-,15-/m1/s1. The number of fused-ring (bicyclic) bond motifs is 3. The molecule has 0 unspecified atom stereocenters. The first kappa shape index (κ1) is 23.6. The van der Waals surface area contributed by atoms with Gasteiger partial charge in [0.2, 0.25) is 17.6 Å². The normalized spacial score (nSPS) is 18.2. The van der Waals surface area contributed by atoms with E-state index in [2.05, 4.69) is 19.9 Å². The van der Waals surface area contributed by atoms with Gasteiger partial charge >= 0.3 is 12.4 Å². The van der Waals surface area contributed by atoms with Gasteiger partial charge in [0.15, 0.2) is 0 Å². The number of hydrogen-bond acceptors (Lipinski definition) is 5. The quantitative estimate of drug-likeness (QED) is 0.493. The Morgan fingerprint density at radius 1 is 1.06 bits per heavy atom. The van der Waals surface area contributed by atoms with Gasteiger partial charge in [0.25, 0.3) is 0 Å². The highest BCUT2D eigenvalue weighted by molar-refractivity contribution is 6.31. The van der Waals surface area contributed by atoms with Crippen LogP contribution in [0.1, 0.15) is 42.8 Å². The molecule has 178 valence electrons. The maximum atomic E-state index is 13.3. The van der Waals surface area contributed by atoms with Gasteiger partial charge in [-0.3, -0.25) is 0 Å². The molecular weight excluding hydrogens is 476 g/mol. The van der Waals surface area contributed by atoms with Crippen LogP contribution < -0.4 is 4.90 Å². The Kier molecular flexibility index (Phi) is 5.72. The number of alkyl halides is 6. The summed E-state index contributed by atoms with van der Waals surface area (Å²) in [7, 11) is 0. The van der Waals surface area contributed by atoms with Gasteiger partial charge in [0.05, 0.1) is 12.1 Å². The van der Waals surface area contributed by atoms with E-state index in [1.165, 1.54) is 0 Å². The third-order valence-electron chi connectivity index (χ3n) is 5.53. The SMILES string of the molecule is CC(C)[C@@H](O)[C@H]1c2[nH]c3ccc(Cl)cc3c2CCN1c1nc(C(F)(F)F)nc(C(F)(F)F)n1. The van der Waals surface area contributed by atoms with Crippen LogP contribution in [0.5, 0.6) is 0 Å². The van der Waals surface area contributed by atoms with Crippen molar-refractivity contribution in [3.63, 3.8) is 0 Å². The van der Waals surface area contributed by atoms with Crippen LogP contribution in [0.2, 0.25) is 5.02 Å². The number of H-pyrrole nitrogens is 1. The Balaban J connectivity index is 1.91. The lowest BCUT2D eigenvalue weighted by molar-refractivity contribution is -0.155. The molecule has 0 bridgehead atoms. The van der Waals surface area contributed by atoms with Gasteiger partial charge in [-0.2, -0.15) is 36.3 Å². The third kappa shape index (κ3) is 4.33. The van der Waals surface area contributed by atoms with Crippen molar-refractivity contribution in [1.82, 2.24) is 19.9 Å². The van der Waals surface area contributed by atoms with E-state index in [1.54, 1.807) is 32.0 Å². The fourth-order valence-corrected chi connectivity index (χ4v) is 4.15. The van der Waals surface area contributed by atoms with Crippen molar-refractivity contribution in [2.24, 2.45) is 5.92 Å². The number of aliphatic hydroxyl groups excluding tert-OH is 1. The van der Waals surface area contributed by atoms with E-state index in [1.807, 2.05) is 0 Å². The summed E-state index contributed by atoms with van der Waals surface area (Å²) in [5.74, 6) is -5.10. The van der Waals surface area contributed by atoms with Crippen molar-refractivity contribution in [3.05, 3.63) is 46.1 Å². The molecule has 3 heterocycles. The number of aromatic nitrogens is 4. The summed E-state index contributed by atoms with van der Waals surface area (Å²) in [5.41, 5.74) is 1.91. The highest BCUT2D eigenvalue weighted by Gasteiger charge is 2.44. The van der Waals surface area contributed by atoms with Crippen LogP contribution >= 0.6 is 11.6 Å². The van der Waals surface area contributed by atoms with Crippen molar-refractivity contribution in [3.8, 4) is 0 Å². The minimum atomic E-state index is -5.22. The van der Waals surface area contributed by atoms with E-state index in [-0.39, 0.29) is 18.9 Å². The Labute approximate surface area is 188 Å². The number of nitrogens with one attached hydrogen (secondary N) is 1. The zero-order valence-corrected chi connectivity index (χ0v) is 18.0. The predicted octanol–water partition coefficient (Wildman–Crippen LogP) is 5.16. The molecule has 0 aliphatic carbocycles. The molecule has 13 heteroatoms. The van der Waals surface area contributed by atoms with Crippen LogP contribution in [0.15, 0.2) is 18.2 Å². The molecule has 6 nitrogen and oxygen atoms in total. The molecule has 1 aromatic carbocycles. The van der Waals surface area contributed by atoms with Crippen LogP contribution in [-0.2, 0) is 18.8 Å². The predicted molar refractivity (Wildman–Crippen MR) is 108 cm³/mol. The molecule has 0 radical (unpaired) electrons. The van der Waals surface area contributed by atoms with Crippen molar-refractivity contribution in [2.75, 3.05) is 11.4 Å². The van der Waals surface area contributed by atoms with E-state index >= 15 is 0 Å². The van der Waals surface area contributed by atoms with E-state index in [9.17, 15) is 31.4 Å². The molecule has 4 rings (SSSR count). The van der Waals surface area contributed by atoms with Gasteiger partial charge < -0.3 is 15.0 Å². The number of anilines is 1. The summed E-state index contributed by atoms with van der Waals surface area (Å²) < 4.78 is 79.8. The Morgan fingerprint density at radius 3 is 2.21 bits per heavy atom. The van der Waals surface area contributed by atoms with Crippen LogP contribution in [0.3, 0.4) is 0 Å². The van der Waals surface area contributed by atoms with Crippen molar-refractivity contribution in [1.29, 1.82) is 0 Å². The van der Waals surface area contributed by atoms with Gasteiger partial charge in [0.1, 0.15) is 0 Å². The highest BCUT2D eigenvalue weighted by atomic mass is 35.5. The molecular formula is C20H18ClF6N5O. The largest absolute Gasteiger partial charge is 0.451 e. The maximum Gasteiger partial charge on any atom is 0.451 e. The minimum Gasteiger partial charge on any atom is -0.390 e. The lowest BCUT2D eigenvalue weighted by atomic mass is 9.89. The molecule has 0 saturated heterocycles. The second-order valence-electron chi connectivity index (χ2n) is 8.11. The van der Waals surface area contributed by atoms with Crippen LogP contribution in [-0.4, -0.2) is 37.7 Å². The average molecular weight is 494 g/mol. The summed E-state index contributed by atoms with van der Waals surface area (Å²) >= 11 is 6.10. The van der Waals surface area contributed by atoms with Crippen LogP contribution in [0.4, 0.5) is 32.3 Å². The number of rotatable bonds is 3. The molecule has 1 aliphatic heterocycles. The summed E-state index contributed by atoms with van der Waals surface area (Å²) in [6, 6.07) is 4.05.